The Labute approximate surface area is 95.9 Å². The molecule has 0 atom stereocenters. The lowest BCUT2D eigenvalue weighted by Crippen LogP contribution is -2.07. The molecule has 2 N–H and O–H groups in total. The zero-order valence-electron chi connectivity index (χ0n) is 9.20. The van der Waals surface area contributed by atoms with Crippen molar-refractivity contribution in [2.45, 2.75) is 6.92 Å². The van der Waals surface area contributed by atoms with Crippen molar-refractivity contribution in [2.24, 2.45) is 0 Å². The third-order valence-electron chi connectivity index (χ3n) is 2.96. The van der Waals surface area contributed by atoms with Gasteiger partial charge in [0.1, 0.15) is 0 Å². The number of fused-ring (bicyclic) bond motifs is 3. The van der Waals surface area contributed by atoms with Crippen LogP contribution in [-0.2, 0) is 0 Å². The zero-order valence-corrected chi connectivity index (χ0v) is 9.20. The molecule has 0 spiro atoms. The molecule has 1 aromatic carbocycles. The number of rotatable bonds is 0. The van der Waals surface area contributed by atoms with Crippen molar-refractivity contribution in [2.75, 3.05) is 0 Å². The van der Waals surface area contributed by atoms with Crippen molar-refractivity contribution in [3.05, 3.63) is 56.6 Å². The fourth-order valence-electron chi connectivity index (χ4n) is 2.17. The highest BCUT2D eigenvalue weighted by molar-refractivity contribution is 6.04. The van der Waals surface area contributed by atoms with Gasteiger partial charge in [0.05, 0.1) is 16.4 Å². The van der Waals surface area contributed by atoms with Crippen LogP contribution in [0.5, 0.6) is 0 Å². The van der Waals surface area contributed by atoms with E-state index in [9.17, 15) is 9.59 Å². The van der Waals surface area contributed by atoms with E-state index in [1.807, 2.05) is 6.92 Å². The second kappa shape index (κ2) is 3.31. The summed E-state index contributed by atoms with van der Waals surface area (Å²) in [5.74, 6) is 0. The normalized spacial score (nSPS) is 11.1. The molecule has 0 saturated carbocycles. The minimum absolute atomic E-state index is 0.0768. The Hall–Kier alpha value is -2.36. The number of nitrogens with one attached hydrogen (secondary N) is 2. The lowest BCUT2D eigenvalue weighted by Gasteiger charge is -2.05. The molecular formula is C13H10N2O2. The van der Waals surface area contributed by atoms with E-state index < -0.39 is 0 Å². The predicted octanol–water partition coefficient (Wildman–Crippen LogP) is 1.68. The van der Waals surface area contributed by atoms with Crippen LogP contribution >= 0.6 is 0 Å². The molecule has 4 heteroatoms. The quantitative estimate of drug-likeness (QED) is 0.573. The summed E-state index contributed by atoms with van der Waals surface area (Å²) < 4.78 is 0. The molecule has 0 saturated heterocycles. The Balaban J connectivity index is 2.78. The van der Waals surface area contributed by atoms with E-state index in [2.05, 4.69) is 9.97 Å². The predicted molar refractivity (Wildman–Crippen MR) is 67.4 cm³/mol. The zero-order chi connectivity index (χ0) is 12.0. The number of aryl methyl sites for hydroxylation is 1. The first-order valence-electron chi connectivity index (χ1n) is 5.31. The Morgan fingerprint density at radius 2 is 1.59 bits per heavy atom. The van der Waals surface area contributed by atoms with E-state index >= 15 is 0 Å². The number of aromatic nitrogens is 2. The van der Waals surface area contributed by atoms with Crippen LogP contribution in [0.25, 0.3) is 21.8 Å². The van der Waals surface area contributed by atoms with E-state index in [-0.39, 0.29) is 10.9 Å². The van der Waals surface area contributed by atoms with Gasteiger partial charge in [-0.1, -0.05) is 0 Å². The molecule has 17 heavy (non-hydrogen) atoms. The molecule has 0 radical (unpaired) electrons. The molecule has 0 aliphatic rings. The Morgan fingerprint density at radius 3 is 2.35 bits per heavy atom. The maximum absolute atomic E-state index is 11.9. The van der Waals surface area contributed by atoms with Crippen molar-refractivity contribution in [1.29, 1.82) is 0 Å². The summed E-state index contributed by atoms with van der Waals surface area (Å²) >= 11 is 0. The number of H-pyrrole nitrogens is 2. The summed E-state index contributed by atoms with van der Waals surface area (Å²) in [6.07, 6.45) is 3.18. The van der Waals surface area contributed by atoms with Gasteiger partial charge in [0.2, 0.25) is 0 Å². The maximum Gasteiger partial charge on any atom is 0.191 e. The Morgan fingerprint density at radius 1 is 0.941 bits per heavy atom. The number of pyridine rings is 2. The lowest BCUT2D eigenvalue weighted by molar-refractivity contribution is 1.34. The molecule has 2 aromatic heterocycles. The molecule has 0 aliphatic heterocycles. The van der Waals surface area contributed by atoms with Gasteiger partial charge in [0.15, 0.2) is 10.9 Å². The van der Waals surface area contributed by atoms with Gasteiger partial charge in [0.25, 0.3) is 0 Å². The van der Waals surface area contributed by atoms with E-state index in [1.165, 1.54) is 12.1 Å². The second-order valence-corrected chi connectivity index (χ2v) is 4.05. The van der Waals surface area contributed by atoms with Crippen LogP contribution in [0, 0.1) is 6.92 Å². The lowest BCUT2D eigenvalue weighted by atomic mass is 10.1. The molecule has 3 aromatic rings. The highest BCUT2D eigenvalue weighted by Gasteiger charge is 2.09. The number of benzene rings is 1. The van der Waals surface area contributed by atoms with Crippen molar-refractivity contribution in [3.63, 3.8) is 0 Å². The van der Waals surface area contributed by atoms with E-state index in [0.717, 1.165) is 11.1 Å². The van der Waals surface area contributed by atoms with Crippen LogP contribution in [0.4, 0.5) is 0 Å². The summed E-state index contributed by atoms with van der Waals surface area (Å²) in [6, 6.07) is 4.73. The number of hydrogen-bond acceptors (Lipinski definition) is 2. The molecule has 4 nitrogen and oxygen atoms in total. The van der Waals surface area contributed by atoms with E-state index in [1.54, 1.807) is 18.5 Å². The molecule has 0 unspecified atom stereocenters. The van der Waals surface area contributed by atoms with Crippen LogP contribution in [0.15, 0.2) is 40.2 Å². The Bertz CT molecular complexity index is 843. The average molecular weight is 226 g/mol. The van der Waals surface area contributed by atoms with E-state index in [4.69, 9.17) is 0 Å². The summed E-state index contributed by atoms with van der Waals surface area (Å²) in [7, 11) is 0. The summed E-state index contributed by atoms with van der Waals surface area (Å²) in [5, 5.41) is 1.09. The van der Waals surface area contributed by atoms with Gasteiger partial charge >= 0.3 is 0 Å². The van der Waals surface area contributed by atoms with Crippen LogP contribution in [-0.4, -0.2) is 9.97 Å². The summed E-state index contributed by atoms with van der Waals surface area (Å²) in [5.41, 5.74) is 2.09. The largest absolute Gasteiger partial charge is 0.361 e. The number of hydrogen-bond donors (Lipinski definition) is 2. The monoisotopic (exact) mass is 226 g/mol. The molecule has 0 aliphatic carbocycles. The van der Waals surface area contributed by atoms with Gasteiger partial charge in [-0.15, -0.1) is 0 Å². The van der Waals surface area contributed by atoms with Crippen molar-refractivity contribution in [3.8, 4) is 0 Å². The van der Waals surface area contributed by atoms with E-state index in [0.29, 0.717) is 16.3 Å². The first-order valence-corrected chi connectivity index (χ1v) is 5.31. The minimum atomic E-state index is -0.0886. The third-order valence-corrected chi connectivity index (χ3v) is 2.96. The molecular weight excluding hydrogens is 216 g/mol. The third kappa shape index (κ3) is 1.30. The molecule has 84 valence electrons. The summed E-state index contributed by atoms with van der Waals surface area (Å²) in [6.45, 7) is 1.88. The average Bonchev–Trinajstić information content (AvgIpc) is 2.31. The maximum atomic E-state index is 11.9. The highest BCUT2D eigenvalue weighted by atomic mass is 16.1. The molecule has 0 bridgehead atoms. The van der Waals surface area contributed by atoms with Crippen LogP contribution < -0.4 is 10.9 Å². The second-order valence-electron chi connectivity index (χ2n) is 4.05. The topological polar surface area (TPSA) is 65.7 Å². The standard InChI is InChI=1S/C13H10N2O2/c1-7-6-8-9(16)2-4-15-13(8)11-10(17)3-5-14-12(7)11/h2-6H,1H3,(H,14,17)(H,15,16). The fraction of sp³-hybridized carbons (Fsp3) is 0.0769. The van der Waals surface area contributed by atoms with Gasteiger partial charge in [-0.3, -0.25) is 9.59 Å². The van der Waals surface area contributed by atoms with Gasteiger partial charge in [0, 0.05) is 29.9 Å². The van der Waals surface area contributed by atoms with Crippen LogP contribution in [0.3, 0.4) is 0 Å². The highest BCUT2D eigenvalue weighted by Crippen LogP contribution is 2.20. The molecule has 3 rings (SSSR count). The molecule has 2 heterocycles. The van der Waals surface area contributed by atoms with Gasteiger partial charge in [-0.05, 0) is 18.6 Å². The molecule has 0 fully saturated rings. The van der Waals surface area contributed by atoms with Gasteiger partial charge in [-0.2, -0.15) is 0 Å². The van der Waals surface area contributed by atoms with Gasteiger partial charge in [-0.25, -0.2) is 0 Å². The van der Waals surface area contributed by atoms with Crippen LogP contribution in [0.2, 0.25) is 0 Å². The first-order chi connectivity index (χ1) is 8.18. The van der Waals surface area contributed by atoms with Crippen molar-refractivity contribution < 1.29 is 0 Å². The number of aromatic amines is 2. The smallest absolute Gasteiger partial charge is 0.191 e. The first kappa shape index (κ1) is 9.84. The fourth-order valence-corrected chi connectivity index (χ4v) is 2.17. The minimum Gasteiger partial charge on any atom is -0.361 e. The molecule has 0 amide bonds. The van der Waals surface area contributed by atoms with Crippen molar-refractivity contribution >= 4 is 21.8 Å². The summed E-state index contributed by atoms with van der Waals surface area (Å²) in [4.78, 5) is 29.7. The van der Waals surface area contributed by atoms with Crippen molar-refractivity contribution in [1.82, 2.24) is 9.97 Å². The van der Waals surface area contributed by atoms with Crippen LogP contribution in [0.1, 0.15) is 5.56 Å². The van der Waals surface area contributed by atoms with Gasteiger partial charge < -0.3 is 9.97 Å². The SMILES string of the molecule is Cc1cc2c(=O)cc[nH]c2c2c(=O)cc[nH]c12. The Kier molecular flexibility index (Phi) is 1.92.